The van der Waals surface area contributed by atoms with E-state index < -0.39 is 9.84 Å². The lowest BCUT2D eigenvalue weighted by molar-refractivity contribution is 0.0948. The third-order valence-corrected chi connectivity index (χ3v) is 6.29. The molecule has 1 unspecified atom stereocenters. The van der Waals surface area contributed by atoms with Gasteiger partial charge in [-0.05, 0) is 49.9 Å². The summed E-state index contributed by atoms with van der Waals surface area (Å²) in [4.78, 5) is 15.5. The Hall–Kier alpha value is -1.82. The van der Waals surface area contributed by atoms with Crippen molar-refractivity contribution in [1.29, 1.82) is 0 Å². The number of hydrogen-bond donors (Lipinski definition) is 2. The van der Waals surface area contributed by atoms with E-state index in [0.29, 0.717) is 18.5 Å². The number of rotatable bonds is 3. The van der Waals surface area contributed by atoms with E-state index in [1.807, 2.05) is 26.0 Å². The third kappa shape index (κ3) is 2.88. The normalized spacial score (nSPS) is 20.4. The summed E-state index contributed by atoms with van der Waals surface area (Å²) in [5.74, 6) is 0.308. The van der Waals surface area contributed by atoms with E-state index in [1.54, 1.807) is 6.07 Å². The number of carbonyl (C=O) groups excluding carboxylic acids is 1. The van der Waals surface area contributed by atoms with Crippen LogP contribution in [-0.4, -0.2) is 37.4 Å². The molecule has 1 aliphatic rings. The summed E-state index contributed by atoms with van der Waals surface area (Å²) in [5, 5.41) is 3.91. The van der Waals surface area contributed by atoms with Crippen molar-refractivity contribution in [3.8, 4) is 0 Å². The van der Waals surface area contributed by atoms with Crippen LogP contribution in [0.2, 0.25) is 0 Å². The van der Waals surface area contributed by atoms with Crippen molar-refractivity contribution in [2.75, 3.05) is 18.1 Å². The molecular formula is C16H20N2O3S. The van der Waals surface area contributed by atoms with Gasteiger partial charge in [-0.25, -0.2) is 8.42 Å². The topological polar surface area (TPSA) is 79.0 Å². The Balaban J connectivity index is 1.71. The number of amides is 1. The van der Waals surface area contributed by atoms with Crippen LogP contribution in [0.25, 0.3) is 10.9 Å². The first kappa shape index (κ1) is 15.1. The van der Waals surface area contributed by atoms with E-state index in [2.05, 4.69) is 10.3 Å². The number of fused-ring (bicyclic) bond motifs is 1. The van der Waals surface area contributed by atoms with Crippen LogP contribution in [0, 0.1) is 19.8 Å². The fraction of sp³-hybridized carbons (Fsp3) is 0.438. The zero-order valence-corrected chi connectivity index (χ0v) is 13.6. The minimum Gasteiger partial charge on any atom is -0.358 e. The van der Waals surface area contributed by atoms with Gasteiger partial charge in [0.05, 0.1) is 11.5 Å². The molecular weight excluding hydrogens is 300 g/mol. The maximum atomic E-state index is 12.3. The number of aromatic amines is 1. The second kappa shape index (κ2) is 5.43. The molecule has 118 valence electrons. The molecule has 1 saturated heterocycles. The first-order valence-corrected chi connectivity index (χ1v) is 9.25. The van der Waals surface area contributed by atoms with Crippen molar-refractivity contribution in [2.45, 2.75) is 20.3 Å². The molecule has 1 aliphatic heterocycles. The Morgan fingerprint density at radius 1 is 1.36 bits per heavy atom. The Bertz CT molecular complexity index is 836. The van der Waals surface area contributed by atoms with Gasteiger partial charge in [-0.2, -0.15) is 0 Å². The van der Waals surface area contributed by atoms with Gasteiger partial charge in [-0.3, -0.25) is 4.79 Å². The van der Waals surface area contributed by atoms with Crippen molar-refractivity contribution in [3.05, 3.63) is 35.0 Å². The van der Waals surface area contributed by atoms with Gasteiger partial charge in [0.25, 0.3) is 5.91 Å². The molecule has 0 aliphatic carbocycles. The molecule has 2 aromatic rings. The summed E-state index contributed by atoms with van der Waals surface area (Å²) in [6.45, 7) is 4.45. The highest BCUT2D eigenvalue weighted by Gasteiger charge is 2.28. The summed E-state index contributed by atoms with van der Waals surface area (Å²) in [6, 6.07) is 5.58. The molecule has 5 nitrogen and oxygen atoms in total. The Morgan fingerprint density at radius 3 is 2.82 bits per heavy atom. The fourth-order valence-electron chi connectivity index (χ4n) is 2.97. The predicted molar refractivity (Wildman–Crippen MR) is 86.9 cm³/mol. The summed E-state index contributed by atoms with van der Waals surface area (Å²) in [7, 11) is -2.90. The number of carbonyl (C=O) groups is 1. The highest BCUT2D eigenvalue weighted by molar-refractivity contribution is 7.91. The number of sulfone groups is 1. The van der Waals surface area contributed by atoms with Crippen LogP contribution in [0.3, 0.4) is 0 Å². The van der Waals surface area contributed by atoms with Crippen molar-refractivity contribution in [2.24, 2.45) is 5.92 Å². The van der Waals surface area contributed by atoms with E-state index in [1.165, 1.54) is 0 Å². The Kier molecular flexibility index (Phi) is 3.72. The SMILES string of the molecule is Cc1[nH]c2ccc(C(=O)NCC3CCS(=O)(=O)C3)cc2c1C. The molecule has 1 aromatic heterocycles. The molecule has 1 atom stereocenters. The van der Waals surface area contributed by atoms with Crippen molar-refractivity contribution in [1.82, 2.24) is 10.3 Å². The lowest BCUT2D eigenvalue weighted by Crippen LogP contribution is -2.29. The van der Waals surface area contributed by atoms with Crippen molar-refractivity contribution in [3.63, 3.8) is 0 Å². The second-order valence-electron chi connectivity index (χ2n) is 6.11. The zero-order valence-electron chi connectivity index (χ0n) is 12.8. The van der Waals surface area contributed by atoms with E-state index in [0.717, 1.165) is 22.2 Å². The van der Waals surface area contributed by atoms with Crippen LogP contribution in [0.5, 0.6) is 0 Å². The van der Waals surface area contributed by atoms with E-state index in [4.69, 9.17) is 0 Å². The van der Waals surface area contributed by atoms with Gasteiger partial charge in [0.1, 0.15) is 0 Å². The smallest absolute Gasteiger partial charge is 0.251 e. The number of aromatic nitrogens is 1. The molecule has 0 radical (unpaired) electrons. The van der Waals surface area contributed by atoms with Crippen LogP contribution in [0.1, 0.15) is 28.0 Å². The zero-order chi connectivity index (χ0) is 15.9. The number of hydrogen-bond acceptors (Lipinski definition) is 3. The number of nitrogens with one attached hydrogen (secondary N) is 2. The quantitative estimate of drug-likeness (QED) is 0.907. The lowest BCUT2D eigenvalue weighted by atomic mass is 10.1. The van der Waals surface area contributed by atoms with Gasteiger partial charge in [0.15, 0.2) is 9.84 Å². The summed E-state index contributed by atoms with van der Waals surface area (Å²) in [6.07, 6.45) is 0.637. The summed E-state index contributed by atoms with van der Waals surface area (Å²) in [5.41, 5.74) is 3.87. The molecule has 3 rings (SSSR count). The largest absolute Gasteiger partial charge is 0.358 e. The Morgan fingerprint density at radius 2 is 2.14 bits per heavy atom. The number of H-pyrrole nitrogens is 1. The number of aryl methyl sites for hydroxylation is 2. The molecule has 0 saturated carbocycles. The van der Waals surface area contributed by atoms with Gasteiger partial charge in [-0.15, -0.1) is 0 Å². The van der Waals surface area contributed by atoms with Gasteiger partial charge < -0.3 is 10.3 Å². The summed E-state index contributed by atoms with van der Waals surface area (Å²) < 4.78 is 22.9. The second-order valence-corrected chi connectivity index (χ2v) is 8.34. The maximum absolute atomic E-state index is 12.3. The predicted octanol–water partition coefficient (Wildman–Crippen LogP) is 1.95. The molecule has 1 aromatic carbocycles. The molecule has 1 amide bonds. The molecule has 2 N–H and O–H groups in total. The van der Waals surface area contributed by atoms with Gasteiger partial charge in [0, 0.05) is 28.7 Å². The number of benzene rings is 1. The van der Waals surface area contributed by atoms with E-state index in [9.17, 15) is 13.2 Å². The molecule has 0 bridgehead atoms. The van der Waals surface area contributed by atoms with Gasteiger partial charge in [-0.1, -0.05) is 0 Å². The first-order valence-electron chi connectivity index (χ1n) is 7.43. The standard InChI is InChI=1S/C16H20N2O3S/c1-10-11(2)18-15-4-3-13(7-14(10)15)16(19)17-8-12-5-6-22(20,21)9-12/h3-4,7,12,18H,5-6,8-9H2,1-2H3,(H,17,19). The molecule has 0 spiro atoms. The summed E-state index contributed by atoms with van der Waals surface area (Å²) >= 11 is 0. The highest BCUT2D eigenvalue weighted by atomic mass is 32.2. The molecule has 2 heterocycles. The van der Waals surface area contributed by atoms with Crippen molar-refractivity contribution < 1.29 is 13.2 Å². The highest BCUT2D eigenvalue weighted by Crippen LogP contribution is 2.22. The molecule has 1 fully saturated rings. The van der Waals surface area contributed by atoms with Gasteiger partial charge >= 0.3 is 0 Å². The van der Waals surface area contributed by atoms with Crippen LogP contribution < -0.4 is 5.32 Å². The van der Waals surface area contributed by atoms with E-state index in [-0.39, 0.29) is 23.3 Å². The minimum absolute atomic E-state index is 0.0360. The lowest BCUT2D eigenvalue weighted by Gasteiger charge is -2.09. The van der Waals surface area contributed by atoms with Gasteiger partial charge in [0.2, 0.25) is 0 Å². The Labute approximate surface area is 130 Å². The average molecular weight is 320 g/mol. The van der Waals surface area contributed by atoms with Crippen molar-refractivity contribution >= 4 is 26.6 Å². The monoisotopic (exact) mass is 320 g/mol. The fourth-order valence-corrected chi connectivity index (χ4v) is 4.84. The minimum atomic E-state index is -2.90. The first-order chi connectivity index (χ1) is 10.4. The van der Waals surface area contributed by atoms with Crippen LogP contribution >= 0.6 is 0 Å². The van der Waals surface area contributed by atoms with E-state index >= 15 is 0 Å². The molecule has 6 heteroatoms. The maximum Gasteiger partial charge on any atom is 0.251 e. The van der Waals surface area contributed by atoms with Crippen LogP contribution in [0.15, 0.2) is 18.2 Å². The molecule has 22 heavy (non-hydrogen) atoms. The third-order valence-electron chi connectivity index (χ3n) is 4.45. The average Bonchev–Trinajstić information content (AvgIpc) is 2.96. The van der Waals surface area contributed by atoms with Crippen LogP contribution in [-0.2, 0) is 9.84 Å². The van der Waals surface area contributed by atoms with Crippen LogP contribution in [0.4, 0.5) is 0 Å².